The van der Waals surface area contributed by atoms with Crippen LogP contribution >= 0.6 is 0 Å². The van der Waals surface area contributed by atoms with Gasteiger partial charge in [0, 0.05) is 18.5 Å². The van der Waals surface area contributed by atoms with Crippen molar-refractivity contribution in [3.63, 3.8) is 0 Å². The lowest BCUT2D eigenvalue weighted by Crippen LogP contribution is -2.30. The molecule has 0 saturated carbocycles. The number of rotatable bonds is 8. The zero-order valence-electron chi connectivity index (χ0n) is 18.8. The Labute approximate surface area is 194 Å². The average molecular weight is 441 g/mol. The highest BCUT2D eigenvalue weighted by atomic mass is 16.7. The first-order valence-electron chi connectivity index (χ1n) is 11.3. The molecule has 0 unspecified atom stereocenters. The van der Waals surface area contributed by atoms with Crippen LogP contribution in [0.2, 0.25) is 0 Å². The third-order valence-corrected chi connectivity index (χ3v) is 5.88. The molecule has 0 aliphatic carbocycles. The second-order valence-corrected chi connectivity index (χ2v) is 8.46. The SMILES string of the molecule is CC1(Cc2c(-c3ccccc3)ncn2Cc2cccc(OCc3ccccc3)c2)OCCO1. The molecule has 0 atom stereocenters. The minimum absolute atomic E-state index is 0.547. The maximum Gasteiger partial charge on any atom is 0.171 e. The predicted octanol–water partition coefficient (Wildman–Crippen LogP) is 5.48. The van der Waals surface area contributed by atoms with Gasteiger partial charge < -0.3 is 18.8 Å². The van der Waals surface area contributed by atoms with E-state index >= 15 is 0 Å². The molecule has 1 aliphatic heterocycles. The van der Waals surface area contributed by atoms with Gasteiger partial charge in [0.1, 0.15) is 12.4 Å². The highest BCUT2D eigenvalue weighted by molar-refractivity contribution is 5.62. The highest BCUT2D eigenvalue weighted by Gasteiger charge is 2.33. The lowest BCUT2D eigenvalue weighted by Gasteiger charge is -2.23. The summed E-state index contributed by atoms with van der Waals surface area (Å²) in [5.74, 6) is 0.220. The number of imidazole rings is 1. The van der Waals surface area contributed by atoms with Gasteiger partial charge in [0.25, 0.3) is 0 Å². The van der Waals surface area contributed by atoms with Crippen molar-refractivity contribution in [2.75, 3.05) is 13.2 Å². The van der Waals surface area contributed by atoms with Gasteiger partial charge in [-0.25, -0.2) is 4.98 Å². The Hall–Kier alpha value is -3.41. The zero-order chi connectivity index (χ0) is 22.5. The molecule has 2 heterocycles. The Balaban J connectivity index is 1.39. The Kier molecular flexibility index (Phi) is 6.24. The van der Waals surface area contributed by atoms with Crippen LogP contribution in [-0.2, 0) is 29.0 Å². The van der Waals surface area contributed by atoms with Gasteiger partial charge in [-0.05, 0) is 30.2 Å². The van der Waals surface area contributed by atoms with E-state index in [1.165, 1.54) is 0 Å². The molecule has 0 spiro atoms. The van der Waals surface area contributed by atoms with Crippen LogP contribution in [-0.4, -0.2) is 28.6 Å². The monoisotopic (exact) mass is 440 g/mol. The van der Waals surface area contributed by atoms with E-state index in [9.17, 15) is 0 Å². The number of ether oxygens (including phenoxy) is 3. The first-order valence-corrected chi connectivity index (χ1v) is 11.3. The van der Waals surface area contributed by atoms with Crippen LogP contribution in [0.1, 0.15) is 23.7 Å². The van der Waals surface area contributed by atoms with E-state index in [0.717, 1.165) is 33.8 Å². The first kappa shape index (κ1) is 21.4. The summed E-state index contributed by atoms with van der Waals surface area (Å²) in [7, 11) is 0. The fourth-order valence-corrected chi connectivity index (χ4v) is 4.20. The fraction of sp³-hybridized carbons (Fsp3) is 0.250. The molecule has 33 heavy (non-hydrogen) atoms. The van der Waals surface area contributed by atoms with E-state index in [4.69, 9.17) is 19.2 Å². The maximum absolute atomic E-state index is 6.03. The topological polar surface area (TPSA) is 45.5 Å². The summed E-state index contributed by atoms with van der Waals surface area (Å²) in [4.78, 5) is 4.77. The van der Waals surface area contributed by atoms with Gasteiger partial charge in [-0.15, -0.1) is 0 Å². The second kappa shape index (κ2) is 9.61. The molecule has 0 bridgehead atoms. The summed E-state index contributed by atoms with van der Waals surface area (Å²) in [6.07, 6.45) is 2.54. The fourth-order valence-electron chi connectivity index (χ4n) is 4.20. The van der Waals surface area contributed by atoms with E-state index < -0.39 is 5.79 Å². The summed E-state index contributed by atoms with van der Waals surface area (Å²) >= 11 is 0. The van der Waals surface area contributed by atoms with Gasteiger partial charge in [-0.2, -0.15) is 0 Å². The van der Waals surface area contributed by atoms with Gasteiger partial charge in [-0.3, -0.25) is 0 Å². The lowest BCUT2D eigenvalue weighted by atomic mass is 10.0. The third-order valence-electron chi connectivity index (χ3n) is 5.88. The molecule has 0 N–H and O–H groups in total. The number of hydrogen-bond acceptors (Lipinski definition) is 4. The van der Waals surface area contributed by atoms with Crippen LogP contribution in [0, 0.1) is 0 Å². The highest BCUT2D eigenvalue weighted by Crippen LogP contribution is 2.30. The van der Waals surface area contributed by atoms with Gasteiger partial charge in [0.15, 0.2) is 5.79 Å². The minimum atomic E-state index is -0.637. The lowest BCUT2D eigenvalue weighted by molar-refractivity contribution is -0.141. The molecular weight excluding hydrogens is 412 g/mol. The van der Waals surface area contributed by atoms with Crippen molar-refractivity contribution in [1.82, 2.24) is 9.55 Å². The molecule has 0 amide bonds. The molecule has 3 aromatic carbocycles. The van der Waals surface area contributed by atoms with Crippen LogP contribution in [0.5, 0.6) is 5.75 Å². The molecule has 5 nitrogen and oxygen atoms in total. The maximum atomic E-state index is 6.03. The summed E-state index contributed by atoms with van der Waals surface area (Å²) in [5.41, 5.74) is 5.45. The molecule has 1 aliphatic rings. The van der Waals surface area contributed by atoms with Crippen molar-refractivity contribution in [2.45, 2.75) is 32.3 Å². The molecular formula is C28H28N2O3. The second-order valence-electron chi connectivity index (χ2n) is 8.46. The van der Waals surface area contributed by atoms with Crippen molar-refractivity contribution in [3.05, 3.63) is 108 Å². The Bertz CT molecular complexity index is 1180. The van der Waals surface area contributed by atoms with E-state index in [2.05, 4.69) is 41.0 Å². The normalized spacial score (nSPS) is 14.9. The predicted molar refractivity (Wildman–Crippen MR) is 128 cm³/mol. The Morgan fingerprint density at radius 3 is 2.33 bits per heavy atom. The van der Waals surface area contributed by atoms with Crippen molar-refractivity contribution in [1.29, 1.82) is 0 Å². The van der Waals surface area contributed by atoms with Crippen LogP contribution in [0.25, 0.3) is 11.3 Å². The molecule has 5 heteroatoms. The molecule has 4 aromatic rings. The molecule has 0 radical (unpaired) electrons. The van der Waals surface area contributed by atoms with E-state index in [1.807, 2.05) is 61.8 Å². The van der Waals surface area contributed by atoms with Crippen molar-refractivity contribution in [2.24, 2.45) is 0 Å². The van der Waals surface area contributed by atoms with Gasteiger partial charge in [0.05, 0.1) is 30.9 Å². The number of nitrogens with zero attached hydrogens (tertiary/aromatic N) is 2. The van der Waals surface area contributed by atoms with E-state index in [1.54, 1.807) is 0 Å². The number of benzene rings is 3. The van der Waals surface area contributed by atoms with Crippen molar-refractivity contribution < 1.29 is 14.2 Å². The van der Waals surface area contributed by atoms with Crippen LogP contribution < -0.4 is 4.74 Å². The molecule has 1 aromatic heterocycles. The molecule has 168 valence electrons. The molecule has 5 rings (SSSR count). The largest absolute Gasteiger partial charge is 0.489 e. The van der Waals surface area contributed by atoms with Gasteiger partial charge in [-0.1, -0.05) is 72.8 Å². The molecule has 1 fully saturated rings. The minimum Gasteiger partial charge on any atom is -0.489 e. The van der Waals surface area contributed by atoms with E-state index in [-0.39, 0.29) is 0 Å². The van der Waals surface area contributed by atoms with Crippen LogP contribution in [0.15, 0.2) is 91.3 Å². The quantitative estimate of drug-likeness (QED) is 0.364. The van der Waals surface area contributed by atoms with Crippen LogP contribution in [0.3, 0.4) is 0 Å². The van der Waals surface area contributed by atoms with Crippen molar-refractivity contribution in [3.8, 4) is 17.0 Å². The van der Waals surface area contributed by atoms with E-state index in [0.29, 0.717) is 32.8 Å². The Morgan fingerprint density at radius 1 is 0.879 bits per heavy atom. The molecule has 1 saturated heterocycles. The zero-order valence-corrected chi connectivity index (χ0v) is 18.8. The third kappa shape index (κ3) is 5.16. The van der Waals surface area contributed by atoms with Crippen molar-refractivity contribution >= 4 is 0 Å². The van der Waals surface area contributed by atoms with Crippen LogP contribution in [0.4, 0.5) is 0 Å². The summed E-state index contributed by atoms with van der Waals surface area (Å²) in [6.45, 7) is 4.47. The summed E-state index contributed by atoms with van der Waals surface area (Å²) < 4.78 is 20.1. The number of aromatic nitrogens is 2. The smallest absolute Gasteiger partial charge is 0.171 e. The standard InChI is InChI=1S/C28H28N2O3/c1-28(32-15-16-33-28)18-26-27(24-12-6-3-7-13-24)29-21-30(26)19-23-11-8-14-25(17-23)31-20-22-9-4-2-5-10-22/h2-14,17,21H,15-16,18-20H2,1H3. The Morgan fingerprint density at radius 2 is 1.58 bits per heavy atom. The van der Waals surface area contributed by atoms with Gasteiger partial charge in [0.2, 0.25) is 0 Å². The summed E-state index contributed by atoms with van der Waals surface area (Å²) in [6, 6.07) is 28.7. The number of hydrogen-bond donors (Lipinski definition) is 0. The summed E-state index contributed by atoms with van der Waals surface area (Å²) in [5, 5.41) is 0. The average Bonchev–Trinajstić information content (AvgIpc) is 3.46. The van der Waals surface area contributed by atoms with Gasteiger partial charge >= 0.3 is 0 Å². The first-order chi connectivity index (χ1) is 16.2.